The van der Waals surface area contributed by atoms with E-state index in [0.29, 0.717) is 37.5 Å². The molecule has 0 heterocycles. The monoisotopic (exact) mass is 617 g/mol. The lowest BCUT2D eigenvalue weighted by molar-refractivity contribution is -0.191. The first-order valence-corrected chi connectivity index (χ1v) is 15.5. The highest BCUT2D eigenvalue weighted by molar-refractivity contribution is 5.94. The molecule has 3 saturated carbocycles. The molecule has 12 nitrogen and oxygen atoms in total. The Morgan fingerprint density at radius 3 is 2.32 bits per heavy atom. The van der Waals surface area contributed by atoms with Gasteiger partial charge in [0.2, 0.25) is 11.7 Å². The number of carboxylic acids is 2. The number of hydrogen-bond acceptors (Lipinski definition) is 9. The maximum atomic E-state index is 13.8. The van der Waals surface area contributed by atoms with Crippen LogP contribution in [-0.2, 0) is 43.0 Å². The van der Waals surface area contributed by atoms with Crippen LogP contribution < -0.4 is 5.32 Å². The maximum Gasteiger partial charge on any atom is 0.326 e. The summed E-state index contributed by atoms with van der Waals surface area (Å²) in [4.78, 5) is 85.1. The van der Waals surface area contributed by atoms with Crippen molar-refractivity contribution in [1.82, 2.24) is 5.32 Å². The molecule has 0 bridgehead atoms. The zero-order valence-electron chi connectivity index (χ0n) is 25.6. The van der Waals surface area contributed by atoms with Crippen molar-refractivity contribution >= 4 is 41.4 Å². The number of aliphatic carboxylic acids is 2. The molecule has 3 fully saturated rings. The summed E-state index contributed by atoms with van der Waals surface area (Å²) in [6, 6.07) is -1.42. The molecule has 1 unspecified atom stereocenters. The number of ketones is 2. The number of allylic oxidation sites excluding steroid dienone is 1. The molecule has 1 amide bonds. The molecule has 4 aliphatic carbocycles. The highest BCUT2D eigenvalue weighted by atomic mass is 16.6. The lowest BCUT2D eigenvalue weighted by Crippen LogP contribution is -2.59. The number of fused-ring (bicyclic) bond motifs is 5. The van der Waals surface area contributed by atoms with Gasteiger partial charge < -0.3 is 25.0 Å². The number of carbonyl (C=O) groups is 7. The van der Waals surface area contributed by atoms with Gasteiger partial charge in [0.15, 0.2) is 18.0 Å². The minimum Gasteiger partial charge on any atom is -0.481 e. The van der Waals surface area contributed by atoms with Crippen LogP contribution in [0.4, 0.5) is 0 Å². The van der Waals surface area contributed by atoms with Crippen molar-refractivity contribution in [2.75, 3.05) is 6.61 Å². The number of ether oxygens (including phenoxy) is 2. The number of hydrogen-bond donors (Lipinski definition) is 3. The van der Waals surface area contributed by atoms with Crippen molar-refractivity contribution in [1.29, 1.82) is 0 Å². The Morgan fingerprint density at radius 2 is 1.66 bits per heavy atom. The van der Waals surface area contributed by atoms with E-state index in [1.54, 1.807) is 0 Å². The maximum absolute atomic E-state index is 13.8. The highest BCUT2D eigenvalue weighted by Gasteiger charge is 2.68. The molecule has 7 atom stereocenters. The van der Waals surface area contributed by atoms with E-state index < -0.39 is 78.5 Å². The highest BCUT2D eigenvalue weighted by Crippen LogP contribution is 2.68. The van der Waals surface area contributed by atoms with Gasteiger partial charge in [0.05, 0.1) is 6.42 Å². The molecular formula is C32H43NO11. The molecule has 0 aromatic rings. The second kappa shape index (κ2) is 12.8. The third-order valence-electron chi connectivity index (χ3n) is 11.1. The van der Waals surface area contributed by atoms with Crippen molar-refractivity contribution in [3.05, 3.63) is 11.6 Å². The van der Waals surface area contributed by atoms with Crippen LogP contribution in [0.15, 0.2) is 11.6 Å². The molecule has 0 aromatic heterocycles. The number of nitrogens with one attached hydrogen (secondary N) is 1. The first-order valence-electron chi connectivity index (χ1n) is 15.5. The SMILES string of the molecule is CC(=O)O[C@]1(C(=O)COC(=O)CCC(=O)NC(CCC(=O)O)C(=O)O)CC[C@H]2[C@@H]3CCC4=CC(=O)CC[C@]4(C)[C@H]3CC[C@@]21C. The van der Waals surface area contributed by atoms with Crippen molar-refractivity contribution in [2.45, 2.75) is 109 Å². The average Bonchev–Trinajstić information content (AvgIpc) is 3.25. The van der Waals surface area contributed by atoms with E-state index in [1.807, 2.05) is 13.0 Å². The number of Topliss-reactive ketones (excluding diaryl/α,β-unsaturated/α-hetero) is 1. The van der Waals surface area contributed by atoms with E-state index in [-0.39, 0.29) is 23.5 Å². The van der Waals surface area contributed by atoms with Gasteiger partial charge >= 0.3 is 23.9 Å². The molecular weight excluding hydrogens is 574 g/mol. The van der Waals surface area contributed by atoms with Crippen molar-refractivity contribution in [3.63, 3.8) is 0 Å². The quantitative estimate of drug-likeness (QED) is 0.273. The zero-order valence-corrected chi connectivity index (χ0v) is 25.6. The summed E-state index contributed by atoms with van der Waals surface area (Å²) < 4.78 is 11.1. The second-order valence-corrected chi connectivity index (χ2v) is 13.4. The Kier molecular flexibility index (Phi) is 9.70. The Morgan fingerprint density at radius 1 is 0.955 bits per heavy atom. The van der Waals surface area contributed by atoms with Crippen LogP contribution in [-0.4, -0.2) is 69.8 Å². The predicted octanol–water partition coefficient (Wildman–Crippen LogP) is 3.15. The van der Waals surface area contributed by atoms with Gasteiger partial charge in [-0.05, 0) is 80.6 Å². The standard InChI is InChI=1S/C32H43NO11/c1-18(34)44-32(25(36)17-43-28(40)9-7-26(37)33-24(29(41)42)6-8-27(38)39)15-12-23-21-5-4-19-16-20(35)10-13-30(19,2)22(21)11-14-31(23,32)3/h16,21-24H,4-15,17H2,1-3H3,(H,33,37)(H,38,39)(H,41,42)/t21-,22+,23+,24?,30+,31+,32+/m1/s1. The predicted molar refractivity (Wildman–Crippen MR) is 153 cm³/mol. The van der Waals surface area contributed by atoms with Crippen molar-refractivity contribution in [2.24, 2.45) is 28.6 Å². The average molecular weight is 618 g/mol. The molecule has 0 aromatic carbocycles. The van der Waals surface area contributed by atoms with Crippen molar-refractivity contribution < 1.29 is 53.2 Å². The van der Waals surface area contributed by atoms with Crippen LogP contribution >= 0.6 is 0 Å². The lowest BCUT2D eigenvalue weighted by Gasteiger charge is -2.59. The topological polar surface area (TPSA) is 190 Å². The third-order valence-corrected chi connectivity index (χ3v) is 11.1. The Hall–Kier alpha value is -3.57. The first-order chi connectivity index (χ1) is 20.6. The van der Waals surface area contributed by atoms with E-state index in [2.05, 4.69) is 12.2 Å². The minimum absolute atomic E-state index is 0.0581. The fraction of sp³-hybridized carbons (Fsp3) is 0.719. The van der Waals surface area contributed by atoms with Gasteiger partial charge in [-0.15, -0.1) is 0 Å². The van der Waals surface area contributed by atoms with Gasteiger partial charge in [0.1, 0.15) is 6.04 Å². The van der Waals surface area contributed by atoms with E-state index in [1.165, 1.54) is 12.5 Å². The van der Waals surface area contributed by atoms with Gasteiger partial charge in [0.25, 0.3) is 0 Å². The minimum atomic E-state index is -1.45. The summed E-state index contributed by atoms with van der Waals surface area (Å²) in [5.74, 6) is -4.34. The van der Waals surface area contributed by atoms with Crippen LogP contribution in [0.2, 0.25) is 0 Å². The summed E-state index contributed by atoms with van der Waals surface area (Å²) in [5.41, 5.74) is -0.937. The fourth-order valence-electron chi connectivity index (χ4n) is 8.83. The number of amides is 1. The molecule has 0 aliphatic heterocycles. The van der Waals surface area contributed by atoms with Crippen molar-refractivity contribution in [3.8, 4) is 0 Å². The Balaban J connectivity index is 1.40. The van der Waals surface area contributed by atoms with Crippen LogP contribution in [0.5, 0.6) is 0 Å². The van der Waals surface area contributed by atoms with Crippen LogP contribution in [0, 0.1) is 28.6 Å². The summed E-state index contributed by atoms with van der Waals surface area (Å²) in [6.07, 6.45) is 5.82. The van der Waals surface area contributed by atoms with E-state index in [9.17, 15) is 38.7 Å². The van der Waals surface area contributed by atoms with Gasteiger partial charge in [-0.25, -0.2) is 4.79 Å². The van der Waals surface area contributed by atoms with Gasteiger partial charge in [0, 0.05) is 31.6 Å². The number of esters is 2. The number of carbonyl (C=O) groups excluding carboxylic acids is 5. The van der Waals surface area contributed by atoms with Gasteiger partial charge in [-0.1, -0.05) is 19.4 Å². The fourth-order valence-corrected chi connectivity index (χ4v) is 8.83. The summed E-state index contributed by atoms with van der Waals surface area (Å²) in [5, 5.41) is 20.2. The molecule has 4 aliphatic rings. The van der Waals surface area contributed by atoms with E-state index in [0.717, 1.165) is 25.7 Å². The largest absolute Gasteiger partial charge is 0.481 e. The molecule has 12 heteroatoms. The molecule has 0 spiro atoms. The molecule has 4 rings (SSSR count). The van der Waals surface area contributed by atoms with E-state index in [4.69, 9.17) is 14.6 Å². The molecule has 242 valence electrons. The van der Waals surface area contributed by atoms with Gasteiger partial charge in [-0.3, -0.25) is 28.8 Å². The summed E-state index contributed by atoms with van der Waals surface area (Å²) in [6.45, 7) is 4.91. The normalized spacial score (nSPS) is 33.0. The summed E-state index contributed by atoms with van der Waals surface area (Å²) in [7, 11) is 0. The van der Waals surface area contributed by atoms with Crippen LogP contribution in [0.1, 0.15) is 97.8 Å². The molecule has 3 N–H and O–H groups in total. The molecule has 44 heavy (non-hydrogen) atoms. The Bertz CT molecular complexity index is 1270. The number of rotatable bonds is 12. The second-order valence-electron chi connectivity index (χ2n) is 13.4. The molecule has 0 radical (unpaired) electrons. The first kappa shape index (κ1) is 33.3. The van der Waals surface area contributed by atoms with E-state index >= 15 is 0 Å². The van der Waals surface area contributed by atoms with Crippen LogP contribution in [0.3, 0.4) is 0 Å². The molecule has 0 saturated heterocycles. The summed E-state index contributed by atoms with van der Waals surface area (Å²) >= 11 is 0. The third kappa shape index (κ3) is 6.30. The number of carboxylic acid groups (broad SMARTS) is 2. The van der Waals surface area contributed by atoms with Gasteiger partial charge in [-0.2, -0.15) is 0 Å². The Labute approximate surface area is 256 Å². The zero-order chi connectivity index (χ0) is 32.4. The lowest BCUT2D eigenvalue weighted by atomic mass is 9.46. The smallest absolute Gasteiger partial charge is 0.326 e. The van der Waals surface area contributed by atoms with Crippen LogP contribution in [0.25, 0.3) is 0 Å².